The number of nitrogens with zero attached hydrogens (tertiary/aromatic N) is 1. The molecule has 1 unspecified atom stereocenters. The standard InChI is InChI=1S/C13H24N2OS/c1-4-5-6-7-13(2,15-8-10-16-3)12-14-9-11-17-12/h9,11,15H,4-8,10H2,1-3H3. The van der Waals surface area contributed by atoms with Crippen LogP contribution in [-0.4, -0.2) is 25.2 Å². The molecule has 0 aliphatic carbocycles. The van der Waals surface area contributed by atoms with Crippen molar-refractivity contribution in [3.05, 3.63) is 16.6 Å². The minimum absolute atomic E-state index is 0.00185. The van der Waals surface area contributed by atoms with Crippen LogP contribution in [0.15, 0.2) is 11.6 Å². The fraction of sp³-hybridized carbons (Fsp3) is 0.769. The van der Waals surface area contributed by atoms with Crippen LogP contribution in [-0.2, 0) is 10.3 Å². The van der Waals surface area contributed by atoms with Crippen molar-refractivity contribution in [2.45, 2.75) is 45.1 Å². The summed E-state index contributed by atoms with van der Waals surface area (Å²) in [6.07, 6.45) is 6.81. The van der Waals surface area contributed by atoms with Gasteiger partial charge in [0.15, 0.2) is 0 Å². The zero-order valence-electron chi connectivity index (χ0n) is 11.2. The highest BCUT2D eigenvalue weighted by molar-refractivity contribution is 7.09. The number of thiazole rings is 1. The first-order valence-corrected chi connectivity index (χ1v) is 7.25. The average Bonchev–Trinajstić information content (AvgIpc) is 2.84. The Labute approximate surface area is 109 Å². The predicted octanol–water partition coefficient (Wildman–Crippen LogP) is 3.17. The van der Waals surface area contributed by atoms with Gasteiger partial charge in [0, 0.05) is 25.2 Å². The molecule has 1 atom stereocenters. The predicted molar refractivity (Wildman–Crippen MR) is 73.5 cm³/mol. The summed E-state index contributed by atoms with van der Waals surface area (Å²) in [7, 11) is 1.74. The maximum absolute atomic E-state index is 5.10. The minimum Gasteiger partial charge on any atom is -0.383 e. The summed E-state index contributed by atoms with van der Waals surface area (Å²) < 4.78 is 5.10. The fourth-order valence-electron chi connectivity index (χ4n) is 1.92. The molecule has 0 radical (unpaired) electrons. The van der Waals surface area contributed by atoms with Crippen molar-refractivity contribution in [1.82, 2.24) is 10.3 Å². The molecule has 0 fully saturated rings. The van der Waals surface area contributed by atoms with Gasteiger partial charge >= 0.3 is 0 Å². The number of nitrogens with one attached hydrogen (secondary N) is 1. The Bertz CT molecular complexity index is 278. The van der Waals surface area contributed by atoms with Crippen LogP contribution >= 0.6 is 11.3 Å². The molecule has 1 aromatic heterocycles. The third-order valence-electron chi connectivity index (χ3n) is 3.01. The number of aromatic nitrogens is 1. The lowest BCUT2D eigenvalue weighted by Gasteiger charge is -2.29. The molecule has 4 heteroatoms. The molecule has 1 rings (SSSR count). The van der Waals surface area contributed by atoms with Gasteiger partial charge < -0.3 is 10.1 Å². The molecule has 3 nitrogen and oxygen atoms in total. The van der Waals surface area contributed by atoms with Crippen LogP contribution in [0, 0.1) is 0 Å². The molecule has 1 aromatic rings. The first-order valence-electron chi connectivity index (χ1n) is 6.37. The molecule has 98 valence electrons. The van der Waals surface area contributed by atoms with Gasteiger partial charge in [0.1, 0.15) is 5.01 Å². The largest absolute Gasteiger partial charge is 0.383 e. The summed E-state index contributed by atoms with van der Waals surface area (Å²) >= 11 is 1.73. The van der Waals surface area contributed by atoms with Gasteiger partial charge in [0.2, 0.25) is 0 Å². The first-order chi connectivity index (χ1) is 8.23. The Balaban J connectivity index is 2.56. The zero-order valence-corrected chi connectivity index (χ0v) is 12.0. The second kappa shape index (κ2) is 7.80. The highest BCUT2D eigenvalue weighted by Gasteiger charge is 2.27. The molecule has 1 heterocycles. The third kappa shape index (κ3) is 4.74. The number of rotatable bonds is 9. The van der Waals surface area contributed by atoms with Crippen LogP contribution in [0.5, 0.6) is 0 Å². The Morgan fingerprint density at radius 3 is 2.88 bits per heavy atom. The number of ether oxygens (including phenoxy) is 1. The Morgan fingerprint density at radius 2 is 2.29 bits per heavy atom. The maximum atomic E-state index is 5.10. The number of methoxy groups -OCH3 is 1. The van der Waals surface area contributed by atoms with Crippen LogP contribution in [0.25, 0.3) is 0 Å². The van der Waals surface area contributed by atoms with Gasteiger partial charge in [-0.05, 0) is 13.3 Å². The SMILES string of the molecule is CCCCCC(C)(NCCOC)c1nccs1. The monoisotopic (exact) mass is 256 g/mol. The van der Waals surface area contributed by atoms with E-state index >= 15 is 0 Å². The highest BCUT2D eigenvalue weighted by Crippen LogP contribution is 2.28. The normalized spacial score (nSPS) is 14.8. The van der Waals surface area contributed by atoms with E-state index in [2.05, 4.69) is 24.1 Å². The van der Waals surface area contributed by atoms with Crippen molar-refractivity contribution in [3.8, 4) is 0 Å². The van der Waals surface area contributed by atoms with E-state index in [0.29, 0.717) is 0 Å². The molecule has 0 aliphatic heterocycles. The molecule has 0 spiro atoms. The van der Waals surface area contributed by atoms with Gasteiger partial charge in [-0.25, -0.2) is 4.98 Å². The van der Waals surface area contributed by atoms with Crippen molar-refractivity contribution in [1.29, 1.82) is 0 Å². The van der Waals surface area contributed by atoms with E-state index in [1.165, 1.54) is 24.3 Å². The zero-order chi connectivity index (χ0) is 12.6. The average molecular weight is 256 g/mol. The first kappa shape index (κ1) is 14.6. The highest BCUT2D eigenvalue weighted by atomic mass is 32.1. The van der Waals surface area contributed by atoms with Gasteiger partial charge in [0.25, 0.3) is 0 Å². The van der Waals surface area contributed by atoms with Crippen molar-refractivity contribution in [3.63, 3.8) is 0 Å². The number of hydrogen-bond acceptors (Lipinski definition) is 4. The van der Waals surface area contributed by atoms with Crippen LogP contribution in [0.1, 0.15) is 44.5 Å². The van der Waals surface area contributed by atoms with E-state index in [4.69, 9.17) is 4.74 Å². The molecular weight excluding hydrogens is 232 g/mol. The molecule has 0 bridgehead atoms. The molecule has 0 amide bonds. The summed E-state index contributed by atoms with van der Waals surface area (Å²) in [5, 5.41) is 6.81. The lowest BCUT2D eigenvalue weighted by atomic mass is 9.95. The molecule has 0 aliphatic rings. The maximum Gasteiger partial charge on any atom is 0.112 e. The van der Waals surface area contributed by atoms with Crippen molar-refractivity contribution in [2.24, 2.45) is 0 Å². The van der Waals surface area contributed by atoms with Gasteiger partial charge in [-0.15, -0.1) is 11.3 Å². The van der Waals surface area contributed by atoms with Gasteiger partial charge in [0.05, 0.1) is 12.1 Å². The summed E-state index contributed by atoms with van der Waals surface area (Å²) in [4.78, 5) is 4.46. The molecular formula is C13H24N2OS. The Kier molecular flexibility index (Phi) is 6.70. The van der Waals surface area contributed by atoms with E-state index in [1.807, 2.05) is 11.6 Å². The second-order valence-corrected chi connectivity index (χ2v) is 5.44. The van der Waals surface area contributed by atoms with Crippen molar-refractivity contribution >= 4 is 11.3 Å². The van der Waals surface area contributed by atoms with Crippen LogP contribution in [0.4, 0.5) is 0 Å². The lowest BCUT2D eigenvalue weighted by molar-refractivity contribution is 0.183. The molecule has 1 N–H and O–H groups in total. The van der Waals surface area contributed by atoms with Crippen LogP contribution < -0.4 is 5.32 Å². The van der Waals surface area contributed by atoms with E-state index in [-0.39, 0.29) is 5.54 Å². The van der Waals surface area contributed by atoms with Crippen LogP contribution in [0.3, 0.4) is 0 Å². The molecule has 17 heavy (non-hydrogen) atoms. The molecule has 0 aromatic carbocycles. The molecule has 0 saturated heterocycles. The second-order valence-electron chi connectivity index (χ2n) is 4.55. The summed E-state index contributed by atoms with van der Waals surface area (Å²) in [5.41, 5.74) is 0.00185. The number of hydrogen-bond donors (Lipinski definition) is 1. The fourth-order valence-corrected chi connectivity index (χ4v) is 2.73. The smallest absolute Gasteiger partial charge is 0.112 e. The quantitative estimate of drug-likeness (QED) is 0.689. The lowest BCUT2D eigenvalue weighted by Crippen LogP contribution is -2.41. The Hall–Kier alpha value is -0.450. The summed E-state index contributed by atoms with van der Waals surface area (Å²) in [6.45, 7) is 6.10. The third-order valence-corrected chi connectivity index (χ3v) is 4.04. The Morgan fingerprint density at radius 1 is 1.47 bits per heavy atom. The van der Waals surface area contributed by atoms with Gasteiger partial charge in [-0.2, -0.15) is 0 Å². The summed E-state index contributed by atoms with van der Waals surface area (Å²) in [5.74, 6) is 0. The minimum atomic E-state index is 0.00185. The van der Waals surface area contributed by atoms with E-state index in [9.17, 15) is 0 Å². The topological polar surface area (TPSA) is 34.1 Å². The van der Waals surface area contributed by atoms with E-state index in [0.717, 1.165) is 19.6 Å². The van der Waals surface area contributed by atoms with Gasteiger partial charge in [-0.1, -0.05) is 26.2 Å². The van der Waals surface area contributed by atoms with Crippen molar-refractivity contribution < 1.29 is 4.74 Å². The van der Waals surface area contributed by atoms with Crippen molar-refractivity contribution in [2.75, 3.05) is 20.3 Å². The summed E-state index contributed by atoms with van der Waals surface area (Å²) in [6, 6.07) is 0. The van der Waals surface area contributed by atoms with E-state index in [1.54, 1.807) is 18.4 Å². The van der Waals surface area contributed by atoms with Crippen LogP contribution in [0.2, 0.25) is 0 Å². The van der Waals surface area contributed by atoms with E-state index < -0.39 is 0 Å². The molecule has 0 saturated carbocycles. The van der Waals surface area contributed by atoms with Gasteiger partial charge in [-0.3, -0.25) is 0 Å². The number of unbranched alkanes of at least 4 members (excludes halogenated alkanes) is 2.